The molecule has 1 aliphatic rings. The zero-order chi connectivity index (χ0) is 20.9. The van der Waals surface area contributed by atoms with Gasteiger partial charge >= 0.3 is 0 Å². The summed E-state index contributed by atoms with van der Waals surface area (Å²) in [6, 6.07) is 10.0. The normalized spacial score (nSPS) is 13.9. The number of allylic oxidation sites excluding steroid dienone is 4. The number of unbranched alkanes of at least 4 members (excludes halogenated alkanes) is 1. The number of fused-ring (bicyclic) bond motifs is 1. The molecule has 30 heavy (non-hydrogen) atoms. The Morgan fingerprint density at radius 3 is 2.70 bits per heavy atom. The van der Waals surface area contributed by atoms with Gasteiger partial charge in [0.05, 0.1) is 31.3 Å². The summed E-state index contributed by atoms with van der Waals surface area (Å²) in [6.07, 6.45) is 10.7. The summed E-state index contributed by atoms with van der Waals surface area (Å²) < 4.78 is 13.0. The van der Waals surface area contributed by atoms with E-state index in [-0.39, 0.29) is 0 Å². The van der Waals surface area contributed by atoms with Gasteiger partial charge in [0.15, 0.2) is 5.65 Å². The van der Waals surface area contributed by atoms with Crippen LogP contribution in [0.15, 0.2) is 60.6 Å². The van der Waals surface area contributed by atoms with E-state index in [1.54, 1.807) is 7.11 Å². The van der Waals surface area contributed by atoms with Gasteiger partial charge in [-0.3, -0.25) is 0 Å². The van der Waals surface area contributed by atoms with E-state index in [2.05, 4.69) is 23.1 Å². The van der Waals surface area contributed by atoms with Crippen molar-refractivity contribution in [2.45, 2.75) is 32.7 Å². The molecule has 0 saturated carbocycles. The standard InChI is InChI=1S/C24H25N3O2S/c1-3-4-13-29-22-10-7-18(14-23(22)30)20-11-12-25-24-21(20)15-26-27(24)16-17-5-8-19(28-2)9-6-17/h5-12,15H,3-4,13-14,16H2,1-2H3. The van der Waals surface area contributed by atoms with E-state index in [4.69, 9.17) is 21.7 Å². The second kappa shape index (κ2) is 9.22. The number of pyridine rings is 1. The van der Waals surface area contributed by atoms with Gasteiger partial charge in [-0.15, -0.1) is 0 Å². The highest BCUT2D eigenvalue weighted by Gasteiger charge is 2.18. The average Bonchev–Trinajstić information content (AvgIpc) is 3.18. The van der Waals surface area contributed by atoms with Crippen LogP contribution in [0.4, 0.5) is 0 Å². The lowest BCUT2D eigenvalue weighted by Gasteiger charge is -2.17. The number of nitrogens with zero attached hydrogens (tertiary/aromatic N) is 3. The van der Waals surface area contributed by atoms with E-state index in [9.17, 15) is 0 Å². The summed E-state index contributed by atoms with van der Waals surface area (Å²) in [6.45, 7) is 3.51. The van der Waals surface area contributed by atoms with Gasteiger partial charge in [0.25, 0.3) is 0 Å². The summed E-state index contributed by atoms with van der Waals surface area (Å²) in [5.41, 5.74) is 4.29. The fraction of sp³-hybridized carbons (Fsp3) is 0.292. The molecule has 4 rings (SSSR count). The highest BCUT2D eigenvalue weighted by Crippen LogP contribution is 2.30. The van der Waals surface area contributed by atoms with E-state index in [0.717, 1.165) is 51.4 Å². The highest BCUT2D eigenvalue weighted by atomic mass is 32.1. The van der Waals surface area contributed by atoms with Crippen LogP contribution in [-0.2, 0) is 11.3 Å². The summed E-state index contributed by atoms with van der Waals surface area (Å²) in [7, 11) is 1.67. The Hall–Kier alpha value is -2.99. The first-order valence-electron chi connectivity index (χ1n) is 10.2. The van der Waals surface area contributed by atoms with Crippen LogP contribution in [-0.4, -0.2) is 33.3 Å². The fourth-order valence-electron chi connectivity index (χ4n) is 3.51. The molecule has 0 unspecified atom stereocenters. The molecule has 0 amide bonds. The summed E-state index contributed by atoms with van der Waals surface area (Å²) >= 11 is 5.61. The van der Waals surface area contributed by atoms with E-state index in [0.29, 0.717) is 19.6 Å². The van der Waals surface area contributed by atoms with Crippen LogP contribution in [0.5, 0.6) is 5.75 Å². The predicted molar refractivity (Wildman–Crippen MR) is 124 cm³/mol. The third-order valence-corrected chi connectivity index (χ3v) is 5.54. The van der Waals surface area contributed by atoms with Crippen molar-refractivity contribution >= 4 is 33.7 Å². The van der Waals surface area contributed by atoms with Gasteiger partial charge in [0.2, 0.25) is 0 Å². The van der Waals surface area contributed by atoms with Gasteiger partial charge < -0.3 is 9.47 Å². The van der Waals surface area contributed by atoms with Crippen LogP contribution < -0.4 is 4.74 Å². The molecule has 0 fully saturated rings. The lowest BCUT2D eigenvalue weighted by Crippen LogP contribution is -2.09. The van der Waals surface area contributed by atoms with Crippen LogP contribution in [0.25, 0.3) is 16.6 Å². The van der Waals surface area contributed by atoms with Gasteiger partial charge in [0, 0.05) is 18.0 Å². The molecule has 6 heteroatoms. The first kappa shape index (κ1) is 20.3. The fourth-order valence-corrected chi connectivity index (χ4v) is 3.79. The van der Waals surface area contributed by atoms with Crippen molar-refractivity contribution in [2.24, 2.45) is 0 Å². The molecule has 154 valence electrons. The third-order valence-electron chi connectivity index (χ3n) is 5.19. The minimum absolute atomic E-state index is 0.650. The summed E-state index contributed by atoms with van der Waals surface area (Å²) in [5.74, 6) is 1.67. The highest BCUT2D eigenvalue weighted by molar-refractivity contribution is 7.80. The molecule has 0 radical (unpaired) electrons. The van der Waals surface area contributed by atoms with Crippen molar-refractivity contribution in [3.8, 4) is 5.75 Å². The van der Waals surface area contributed by atoms with Crippen molar-refractivity contribution in [1.29, 1.82) is 0 Å². The number of methoxy groups -OCH3 is 1. The minimum atomic E-state index is 0.650. The molecule has 1 aromatic carbocycles. The molecule has 0 aliphatic heterocycles. The van der Waals surface area contributed by atoms with E-state index < -0.39 is 0 Å². The topological polar surface area (TPSA) is 49.2 Å². The predicted octanol–water partition coefficient (Wildman–Crippen LogP) is 5.35. The first-order chi connectivity index (χ1) is 14.7. The molecule has 2 heterocycles. The number of benzene rings is 1. The SMILES string of the molecule is CCCCOC1=CC=C(c2ccnc3c2cnn3Cc2ccc(OC)cc2)CC1=S. The molecule has 0 spiro atoms. The first-order valence-corrected chi connectivity index (χ1v) is 10.6. The zero-order valence-corrected chi connectivity index (χ0v) is 18.1. The Morgan fingerprint density at radius 2 is 1.97 bits per heavy atom. The van der Waals surface area contributed by atoms with Crippen molar-refractivity contribution < 1.29 is 9.47 Å². The number of aromatic nitrogens is 3. The molecule has 0 bridgehead atoms. The second-order valence-electron chi connectivity index (χ2n) is 7.27. The van der Waals surface area contributed by atoms with Crippen molar-refractivity contribution in [3.05, 3.63) is 71.8 Å². The Labute approximate surface area is 182 Å². The lowest BCUT2D eigenvalue weighted by molar-refractivity contribution is 0.226. The molecule has 2 aromatic heterocycles. The van der Waals surface area contributed by atoms with Crippen LogP contribution in [0.1, 0.15) is 37.3 Å². The second-order valence-corrected chi connectivity index (χ2v) is 7.76. The molecule has 0 saturated heterocycles. The maximum atomic E-state index is 5.83. The van der Waals surface area contributed by atoms with Crippen LogP contribution in [0.2, 0.25) is 0 Å². The number of hydrogen-bond acceptors (Lipinski definition) is 5. The Morgan fingerprint density at radius 1 is 1.13 bits per heavy atom. The smallest absolute Gasteiger partial charge is 0.158 e. The van der Waals surface area contributed by atoms with Gasteiger partial charge in [-0.25, -0.2) is 9.67 Å². The number of rotatable bonds is 8. The van der Waals surface area contributed by atoms with Crippen molar-refractivity contribution in [2.75, 3.05) is 13.7 Å². The third kappa shape index (κ3) is 4.28. The maximum absolute atomic E-state index is 5.83. The molecular formula is C24H25N3O2S. The van der Waals surface area contributed by atoms with Gasteiger partial charge in [-0.05, 0) is 47.4 Å². The van der Waals surface area contributed by atoms with Crippen molar-refractivity contribution in [3.63, 3.8) is 0 Å². The molecular weight excluding hydrogens is 394 g/mol. The van der Waals surface area contributed by atoms with Crippen LogP contribution >= 0.6 is 12.2 Å². The molecule has 1 aliphatic carbocycles. The Bertz CT molecular complexity index is 1110. The summed E-state index contributed by atoms with van der Waals surface area (Å²) in [5, 5.41) is 5.63. The average molecular weight is 420 g/mol. The molecule has 0 atom stereocenters. The number of thiocarbonyl (C=S) groups is 1. The quantitative estimate of drug-likeness (QED) is 0.364. The Balaban J connectivity index is 1.59. The monoisotopic (exact) mass is 419 g/mol. The minimum Gasteiger partial charge on any atom is -0.497 e. The number of ether oxygens (including phenoxy) is 2. The van der Waals surface area contributed by atoms with Crippen molar-refractivity contribution in [1.82, 2.24) is 14.8 Å². The molecule has 3 aromatic rings. The van der Waals surface area contributed by atoms with Crippen LogP contribution in [0.3, 0.4) is 0 Å². The zero-order valence-electron chi connectivity index (χ0n) is 17.3. The van der Waals surface area contributed by atoms with E-state index in [1.165, 1.54) is 5.57 Å². The van der Waals surface area contributed by atoms with Gasteiger partial charge in [0.1, 0.15) is 11.5 Å². The number of hydrogen-bond donors (Lipinski definition) is 0. The van der Waals surface area contributed by atoms with Gasteiger partial charge in [-0.1, -0.05) is 43.8 Å². The largest absolute Gasteiger partial charge is 0.497 e. The maximum Gasteiger partial charge on any atom is 0.158 e. The van der Waals surface area contributed by atoms with E-state index >= 15 is 0 Å². The molecule has 0 N–H and O–H groups in total. The van der Waals surface area contributed by atoms with Gasteiger partial charge in [-0.2, -0.15) is 5.10 Å². The Kier molecular flexibility index (Phi) is 6.23. The van der Waals surface area contributed by atoms with E-state index in [1.807, 2.05) is 53.5 Å². The summed E-state index contributed by atoms with van der Waals surface area (Å²) in [4.78, 5) is 5.43. The van der Waals surface area contributed by atoms with Crippen LogP contribution in [0, 0.1) is 0 Å². The molecule has 5 nitrogen and oxygen atoms in total. The lowest BCUT2D eigenvalue weighted by atomic mass is 9.95.